The molecule has 0 aliphatic carbocycles. The highest BCUT2D eigenvalue weighted by Gasteiger charge is 2.29. The summed E-state index contributed by atoms with van der Waals surface area (Å²) >= 11 is 0. The largest absolute Gasteiger partial charge is 0.372 e. The minimum atomic E-state index is -0.137. The molecule has 4 heteroatoms. The Hall–Kier alpha value is -0.610. The first-order chi connectivity index (χ1) is 6.25. The number of nitrogens with zero attached hydrogens (tertiary/aromatic N) is 1. The van der Waals surface area contributed by atoms with E-state index in [0.717, 1.165) is 39.1 Å². The number of epoxide rings is 1. The molecule has 0 aromatic carbocycles. The van der Waals surface area contributed by atoms with Crippen LogP contribution in [-0.2, 0) is 9.53 Å². The SMILES string of the molecule is NC(=O)C1CCN(CC2CO2)CC1. The van der Waals surface area contributed by atoms with Gasteiger partial charge in [0.1, 0.15) is 0 Å². The van der Waals surface area contributed by atoms with Gasteiger partial charge in [-0.25, -0.2) is 0 Å². The number of nitrogens with two attached hydrogens (primary N) is 1. The highest BCUT2D eigenvalue weighted by molar-refractivity contribution is 5.76. The van der Waals surface area contributed by atoms with Crippen molar-refractivity contribution >= 4 is 5.91 Å². The fourth-order valence-electron chi connectivity index (χ4n) is 1.86. The minimum Gasteiger partial charge on any atom is -0.372 e. The molecule has 0 spiro atoms. The van der Waals surface area contributed by atoms with Gasteiger partial charge in [0.15, 0.2) is 0 Å². The quantitative estimate of drug-likeness (QED) is 0.606. The molecule has 1 amide bonds. The van der Waals surface area contributed by atoms with Crippen LogP contribution in [-0.4, -0.2) is 43.2 Å². The molecule has 2 rings (SSSR count). The Morgan fingerprint density at radius 2 is 2.08 bits per heavy atom. The monoisotopic (exact) mass is 184 g/mol. The first-order valence-electron chi connectivity index (χ1n) is 4.89. The predicted molar refractivity (Wildman–Crippen MR) is 48.1 cm³/mol. The van der Waals surface area contributed by atoms with E-state index in [1.165, 1.54) is 0 Å². The molecule has 0 radical (unpaired) electrons. The third-order valence-electron chi connectivity index (χ3n) is 2.85. The fourth-order valence-corrected chi connectivity index (χ4v) is 1.86. The Balaban J connectivity index is 1.71. The van der Waals surface area contributed by atoms with Crippen molar-refractivity contribution in [3.63, 3.8) is 0 Å². The number of hydrogen-bond donors (Lipinski definition) is 1. The van der Waals surface area contributed by atoms with Gasteiger partial charge in [-0.2, -0.15) is 0 Å². The molecular formula is C9H16N2O2. The van der Waals surface area contributed by atoms with Crippen LogP contribution in [0.4, 0.5) is 0 Å². The van der Waals surface area contributed by atoms with E-state index in [-0.39, 0.29) is 11.8 Å². The Morgan fingerprint density at radius 3 is 2.54 bits per heavy atom. The zero-order valence-electron chi connectivity index (χ0n) is 7.74. The number of primary amides is 1. The summed E-state index contributed by atoms with van der Waals surface area (Å²) in [5, 5.41) is 0. The number of carbonyl (C=O) groups excluding carboxylic acids is 1. The highest BCUT2D eigenvalue weighted by atomic mass is 16.6. The summed E-state index contributed by atoms with van der Waals surface area (Å²) < 4.78 is 5.15. The van der Waals surface area contributed by atoms with Crippen molar-refractivity contribution in [2.24, 2.45) is 11.7 Å². The minimum absolute atomic E-state index is 0.108. The predicted octanol–water partition coefficient (Wildman–Crippen LogP) is -0.417. The maximum atomic E-state index is 10.9. The molecule has 2 N–H and O–H groups in total. The van der Waals surface area contributed by atoms with Crippen LogP contribution >= 0.6 is 0 Å². The summed E-state index contributed by atoms with van der Waals surface area (Å²) in [4.78, 5) is 13.2. The van der Waals surface area contributed by atoms with Crippen LogP contribution in [0.25, 0.3) is 0 Å². The lowest BCUT2D eigenvalue weighted by Gasteiger charge is -2.29. The van der Waals surface area contributed by atoms with Gasteiger partial charge in [0.2, 0.25) is 5.91 Å². The number of piperidine rings is 1. The normalized spacial score (nSPS) is 30.3. The van der Waals surface area contributed by atoms with Gasteiger partial charge in [-0.15, -0.1) is 0 Å². The van der Waals surface area contributed by atoms with Crippen LogP contribution < -0.4 is 5.73 Å². The molecule has 0 aromatic heterocycles. The van der Waals surface area contributed by atoms with E-state index in [1.807, 2.05) is 0 Å². The third-order valence-corrected chi connectivity index (χ3v) is 2.85. The zero-order valence-corrected chi connectivity index (χ0v) is 7.74. The topological polar surface area (TPSA) is 58.9 Å². The molecule has 2 fully saturated rings. The number of likely N-dealkylation sites (tertiary alicyclic amines) is 1. The summed E-state index contributed by atoms with van der Waals surface area (Å²) in [7, 11) is 0. The van der Waals surface area contributed by atoms with Crippen molar-refractivity contribution in [2.75, 3.05) is 26.2 Å². The third kappa shape index (κ3) is 2.42. The molecule has 2 aliphatic rings. The molecule has 1 atom stereocenters. The smallest absolute Gasteiger partial charge is 0.220 e. The van der Waals surface area contributed by atoms with Crippen molar-refractivity contribution < 1.29 is 9.53 Å². The van der Waals surface area contributed by atoms with Crippen molar-refractivity contribution in [1.29, 1.82) is 0 Å². The van der Waals surface area contributed by atoms with Crippen LogP contribution in [0, 0.1) is 5.92 Å². The zero-order chi connectivity index (χ0) is 9.26. The van der Waals surface area contributed by atoms with E-state index in [1.54, 1.807) is 0 Å². The number of carbonyl (C=O) groups is 1. The van der Waals surface area contributed by atoms with Gasteiger partial charge >= 0.3 is 0 Å². The van der Waals surface area contributed by atoms with Gasteiger partial charge in [-0.1, -0.05) is 0 Å². The molecule has 0 aromatic rings. The molecule has 0 bridgehead atoms. The number of hydrogen-bond acceptors (Lipinski definition) is 3. The average Bonchev–Trinajstić information content (AvgIpc) is 2.89. The van der Waals surface area contributed by atoms with E-state index < -0.39 is 0 Å². The summed E-state index contributed by atoms with van der Waals surface area (Å²) in [5.41, 5.74) is 5.24. The molecule has 4 nitrogen and oxygen atoms in total. The number of ether oxygens (including phenoxy) is 1. The molecule has 2 saturated heterocycles. The maximum absolute atomic E-state index is 10.9. The lowest BCUT2D eigenvalue weighted by atomic mass is 9.96. The van der Waals surface area contributed by atoms with Crippen LogP contribution in [0.15, 0.2) is 0 Å². The molecular weight excluding hydrogens is 168 g/mol. The van der Waals surface area contributed by atoms with Crippen LogP contribution in [0.5, 0.6) is 0 Å². The van der Waals surface area contributed by atoms with E-state index in [4.69, 9.17) is 10.5 Å². The van der Waals surface area contributed by atoms with Crippen molar-refractivity contribution in [1.82, 2.24) is 4.90 Å². The van der Waals surface area contributed by atoms with Crippen LogP contribution in [0.1, 0.15) is 12.8 Å². The van der Waals surface area contributed by atoms with E-state index >= 15 is 0 Å². The molecule has 2 heterocycles. The summed E-state index contributed by atoms with van der Waals surface area (Å²) in [6, 6.07) is 0. The highest BCUT2D eigenvalue weighted by Crippen LogP contribution is 2.19. The summed E-state index contributed by atoms with van der Waals surface area (Å²) in [5.74, 6) is -0.0290. The second-order valence-electron chi connectivity index (χ2n) is 3.93. The van der Waals surface area contributed by atoms with Gasteiger partial charge in [0.05, 0.1) is 12.7 Å². The van der Waals surface area contributed by atoms with Gasteiger partial charge in [0.25, 0.3) is 0 Å². The van der Waals surface area contributed by atoms with Gasteiger partial charge in [-0.05, 0) is 25.9 Å². The lowest BCUT2D eigenvalue weighted by molar-refractivity contribution is -0.123. The molecule has 13 heavy (non-hydrogen) atoms. The maximum Gasteiger partial charge on any atom is 0.220 e. The number of amides is 1. The molecule has 2 aliphatic heterocycles. The first kappa shape index (κ1) is 8.97. The Bertz CT molecular complexity index is 196. The van der Waals surface area contributed by atoms with E-state index in [0.29, 0.717) is 6.10 Å². The van der Waals surface area contributed by atoms with Gasteiger partial charge in [0, 0.05) is 12.5 Å². The fraction of sp³-hybridized carbons (Fsp3) is 0.889. The standard InChI is InChI=1S/C9H16N2O2/c10-9(12)7-1-3-11(4-2-7)5-8-6-13-8/h7-8H,1-6H2,(H2,10,12). The summed E-state index contributed by atoms with van der Waals surface area (Å²) in [6.45, 7) is 3.93. The first-order valence-corrected chi connectivity index (χ1v) is 4.89. The number of rotatable bonds is 3. The van der Waals surface area contributed by atoms with Crippen molar-refractivity contribution in [3.8, 4) is 0 Å². The van der Waals surface area contributed by atoms with E-state index in [9.17, 15) is 4.79 Å². The lowest BCUT2D eigenvalue weighted by Crippen LogP contribution is -2.40. The Kier molecular flexibility index (Phi) is 2.51. The van der Waals surface area contributed by atoms with Crippen LogP contribution in [0.2, 0.25) is 0 Å². The Morgan fingerprint density at radius 1 is 1.46 bits per heavy atom. The van der Waals surface area contributed by atoms with Crippen molar-refractivity contribution in [3.05, 3.63) is 0 Å². The van der Waals surface area contributed by atoms with Crippen molar-refractivity contribution in [2.45, 2.75) is 18.9 Å². The summed E-state index contributed by atoms with van der Waals surface area (Å²) in [6.07, 6.45) is 2.30. The van der Waals surface area contributed by atoms with E-state index in [2.05, 4.69) is 4.90 Å². The Labute approximate surface area is 78.0 Å². The van der Waals surface area contributed by atoms with Gasteiger partial charge < -0.3 is 15.4 Å². The molecule has 1 unspecified atom stereocenters. The van der Waals surface area contributed by atoms with Gasteiger partial charge in [-0.3, -0.25) is 4.79 Å². The molecule has 74 valence electrons. The second-order valence-corrected chi connectivity index (χ2v) is 3.93. The second kappa shape index (κ2) is 3.64. The van der Waals surface area contributed by atoms with Crippen LogP contribution in [0.3, 0.4) is 0 Å². The average molecular weight is 184 g/mol. The molecule has 0 saturated carbocycles.